The number of hydrogen-bond donors (Lipinski definition) is 0. The number of nitrogens with zero attached hydrogens (tertiary/aromatic N) is 4. The molecule has 0 aliphatic heterocycles. The highest BCUT2D eigenvalue weighted by Crippen LogP contribution is 2.28. The van der Waals surface area contributed by atoms with Crippen molar-refractivity contribution in [2.24, 2.45) is 0 Å². The van der Waals surface area contributed by atoms with Crippen molar-refractivity contribution in [2.45, 2.75) is 37.2 Å². The zero-order valence-corrected chi connectivity index (χ0v) is 16.2. The van der Waals surface area contributed by atoms with E-state index in [0.717, 1.165) is 29.5 Å². The van der Waals surface area contributed by atoms with Crippen LogP contribution in [0.1, 0.15) is 30.6 Å². The van der Waals surface area contributed by atoms with Crippen molar-refractivity contribution >= 4 is 29.1 Å². The summed E-state index contributed by atoms with van der Waals surface area (Å²) in [6.07, 6.45) is 4.42. The van der Waals surface area contributed by atoms with E-state index in [1.807, 2.05) is 19.1 Å². The first-order chi connectivity index (χ1) is 12.6. The van der Waals surface area contributed by atoms with Crippen LogP contribution in [-0.2, 0) is 6.54 Å². The van der Waals surface area contributed by atoms with Gasteiger partial charge in [0, 0.05) is 35.1 Å². The Kier molecular flexibility index (Phi) is 6.06. The van der Waals surface area contributed by atoms with Crippen LogP contribution in [0.2, 0.25) is 5.02 Å². The lowest BCUT2D eigenvalue weighted by molar-refractivity contribution is 0.0994. The number of carbonyl (C=O) groups is 1. The summed E-state index contributed by atoms with van der Waals surface area (Å²) in [4.78, 5) is 16.7. The maximum Gasteiger partial charge on any atom is 0.192 e. The number of pyridine rings is 1. The fourth-order valence-corrected chi connectivity index (χ4v) is 3.65. The summed E-state index contributed by atoms with van der Waals surface area (Å²) in [7, 11) is 0. The van der Waals surface area contributed by atoms with Gasteiger partial charge < -0.3 is 4.57 Å². The molecule has 0 bridgehead atoms. The summed E-state index contributed by atoms with van der Waals surface area (Å²) in [6.45, 7) is 4.78. The molecule has 3 rings (SSSR count). The molecule has 0 fully saturated rings. The van der Waals surface area contributed by atoms with Crippen LogP contribution in [0.15, 0.2) is 53.9 Å². The maximum absolute atomic E-state index is 12.7. The van der Waals surface area contributed by atoms with Gasteiger partial charge in [-0.3, -0.25) is 9.78 Å². The third-order valence-electron chi connectivity index (χ3n) is 3.88. The van der Waals surface area contributed by atoms with Crippen molar-refractivity contribution < 1.29 is 4.79 Å². The van der Waals surface area contributed by atoms with Gasteiger partial charge >= 0.3 is 0 Å². The smallest absolute Gasteiger partial charge is 0.192 e. The second kappa shape index (κ2) is 8.47. The average molecular weight is 387 g/mol. The molecule has 0 saturated heterocycles. The summed E-state index contributed by atoms with van der Waals surface area (Å²) in [5.74, 6) is 0.839. The molecule has 0 aliphatic carbocycles. The topological polar surface area (TPSA) is 60.7 Å². The van der Waals surface area contributed by atoms with Crippen molar-refractivity contribution in [3.8, 4) is 11.4 Å². The molecule has 0 N–H and O–H groups in total. The Hall–Kier alpha value is -2.18. The lowest BCUT2D eigenvalue weighted by Crippen LogP contribution is -2.15. The van der Waals surface area contributed by atoms with Crippen LogP contribution in [-0.4, -0.2) is 30.8 Å². The minimum Gasteiger partial charge on any atom is -0.302 e. The van der Waals surface area contributed by atoms with Gasteiger partial charge in [0.25, 0.3) is 0 Å². The molecule has 0 spiro atoms. The van der Waals surface area contributed by atoms with Crippen molar-refractivity contribution in [2.75, 3.05) is 0 Å². The first-order valence-corrected chi connectivity index (χ1v) is 9.66. The Bertz CT molecular complexity index is 880. The third-order valence-corrected chi connectivity index (χ3v) is 5.22. The standard InChI is InChI=1S/C19H19ClN4OS/c1-3-12-24-18(15-8-10-21-11-9-15)22-23-19(24)26-13(2)17(25)14-4-6-16(20)7-5-14/h4-11,13H,3,12H2,1-2H3. The third kappa shape index (κ3) is 4.14. The molecule has 0 aliphatic rings. The fraction of sp³-hybridized carbons (Fsp3) is 0.263. The molecular weight excluding hydrogens is 368 g/mol. The second-order valence-corrected chi connectivity index (χ2v) is 7.57. The van der Waals surface area contributed by atoms with E-state index in [9.17, 15) is 4.79 Å². The molecular formula is C19H19ClN4OS. The van der Waals surface area contributed by atoms with Gasteiger partial charge in [-0.05, 0) is 49.7 Å². The molecule has 134 valence electrons. The Morgan fingerprint density at radius 3 is 2.50 bits per heavy atom. The van der Waals surface area contributed by atoms with Gasteiger partial charge in [-0.1, -0.05) is 30.3 Å². The van der Waals surface area contributed by atoms with E-state index in [0.29, 0.717) is 10.6 Å². The molecule has 2 heterocycles. The largest absolute Gasteiger partial charge is 0.302 e. The molecule has 5 nitrogen and oxygen atoms in total. The highest BCUT2D eigenvalue weighted by Gasteiger charge is 2.21. The summed E-state index contributed by atoms with van der Waals surface area (Å²) in [5.41, 5.74) is 1.61. The highest BCUT2D eigenvalue weighted by atomic mass is 35.5. The Balaban J connectivity index is 1.84. The Morgan fingerprint density at radius 2 is 1.85 bits per heavy atom. The number of benzene rings is 1. The highest BCUT2D eigenvalue weighted by molar-refractivity contribution is 8.00. The number of Topliss-reactive ketones (excluding diaryl/α,β-unsaturated/α-hetero) is 1. The van der Waals surface area contributed by atoms with Crippen LogP contribution in [0.5, 0.6) is 0 Å². The molecule has 1 aromatic carbocycles. The number of carbonyl (C=O) groups excluding carboxylic acids is 1. The van der Waals surface area contributed by atoms with E-state index in [2.05, 4.69) is 26.7 Å². The second-order valence-electron chi connectivity index (χ2n) is 5.82. The number of rotatable bonds is 7. The molecule has 0 radical (unpaired) electrons. The van der Waals surface area contributed by atoms with E-state index < -0.39 is 0 Å². The summed E-state index contributed by atoms with van der Waals surface area (Å²) in [6, 6.07) is 10.8. The summed E-state index contributed by atoms with van der Waals surface area (Å²) >= 11 is 7.32. The number of thioether (sulfide) groups is 1. The van der Waals surface area contributed by atoms with Crippen molar-refractivity contribution in [3.05, 3.63) is 59.4 Å². The van der Waals surface area contributed by atoms with Gasteiger partial charge in [-0.25, -0.2) is 0 Å². The quantitative estimate of drug-likeness (QED) is 0.432. The predicted molar refractivity (Wildman–Crippen MR) is 105 cm³/mol. The molecule has 7 heteroatoms. The van der Waals surface area contributed by atoms with E-state index in [4.69, 9.17) is 11.6 Å². The van der Waals surface area contributed by atoms with Crippen LogP contribution in [0, 0.1) is 0 Å². The van der Waals surface area contributed by atoms with Crippen LogP contribution in [0.25, 0.3) is 11.4 Å². The predicted octanol–water partition coefficient (Wildman–Crippen LogP) is 4.77. The van der Waals surface area contributed by atoms with Crippen LogP contribution in [0.4, 0.5) is 0 Å². The average Bonchev–Trinajstić information content (AvgIpc) is 3.05. The van der Waals surface area contributed by atoms with Crippen LogP contribution < -0.4 is 0 Å². The van der Waals surface area contributed by atoms with Gasteiger partial charge in [0.1, 0.15) is 0 Å². The molecule has 3 aromatic rings. The molecule has 1 unspecified atom stereocenters. The van der Waals surface area contributed by atoms with Gasteiger partial charge in [0.15, 0.2) is 16.8 Å². The summed E-state index contributed by atoms with van der Waals surface area (Å²) < 4.78 is 2.06. The van der Waals surface area contributed by atoms with E-state index in [1.165, 1.54) is 11.8 Å². The first-order valence-electron chi connectivity index (χ1n) is 8.40. The van der Waals surface area contributed by atoms with Crippen molar-refractivity contribution in [1.82, 2.24) is 19.7 Å². The van der Waals surface area contributed by atoms with Crippen molar-refractivity contribution in [1.29, 1.82) is 0 Å². The van der Waals surface area contributed by atoms with Gasteiger partial charge in [0.2, 0.25) is 0 Å². The minimum atomic E-state index is -0.277. The lowest BCUT2D eigenvalue weighted by Gasteiger charge is -2.12. The Labute approximate surface area is 161 Å². The van der Waals surface area contributed by atoms with Crippen LogP contribution in [0.3, 0.4) is 0 Å². The molecule has 0 amide bonds. The number of halogens is 1. The zero-order valence-electron chi connectivity index (χ0n) is 14.6. The maximum atomic E-state index is 12.7. The normalized spacial score (nSPS) is 12.1. The molecule has 1 atom stereocenters. The zero-order chi connectivity index (χ0) is 18.5. The minimum absolute atomic E-state index is 0.0446. The summed E-state index contributed by atoms with van der Waals surface area (Å²) in [5, 5.41) is 9.75. The van der Waals surface area contributed by atoms with E-state index in [1.54, 1.807) is 36.7 Å². The monoisotopic (exact) mass is 386 g/mol. The van der Waals surface area contributed by atoms with Gasteiger partial charge in [-0.15, -0.1) is 10.2 Å². The number of hydrogen-bond acceptors (Lipinski definition) is 5. The van der Waals surface area contributed by atoms with Crippen molar-refractivity contribution in [3.63, 3.8) is 0 Å². The number of aromatic nitrogens is 4. The fourth-order valence-electron chi connectivity index (χ4n) is 2.58. The Morgan fingerprint density at radius 1 is 1.15 bits per heavy atom. The van der Waals surface area contributed by atoms with E-state index >= 15 is 0 Å². The van der Waals surface area contributed by atoms with Gasteiger partial charge in [0.05, 0.1) is 5.25 Å². The molecule has 2 aromatic heterocycles. The molecule has 0 saturated carbocycles. The van der Waals surface area contributed by atoms with E-state index in [-0.39, 0.29) is 11.0 Å². The number of ketones is 1. The van der Waals surface area contributed by atoms with Crippen LogP contribution >= 0.6 is 23.4 Å². The molecule has 26 heavy (non-hydrogen) atoms. The first kappa shape index (κ1) is 18.6. The lowest BCUT2D eigenvalue weighted by atomic mass is 10.1. The SMILES string of the molecule is CCCn1c(SC(C)C(=O)c2ccc(Cl)cc2)nnc1-c1ccncc1. The van der Waals surface area contributed by atoms with Gasteiger partial charge in [-0.2, -0.15) is 0 Å².